The maximum atomic E-state index is 14.4. The molecule has 0 bridgehead atoms. The summed E-state index contributed by atoms with van der Waals surface area (Å²) in [4.78, 5) is 39.4. The van der Waals surface area contributed by atoms with E-state index in [2.05, 4.69) is 65.2 Å². The third-order valence-electron chi connectivity index (χ3n) is 12.3. The SMILES string of the molecule is O=c1c2ccc(-n3c4ccccc4c4ccccc43)cc2oc2cc3oc4c(C5=N/C6(c7ccccc7)CC6CC/C(c6ccccc6)=N\5)cccc4c(=O)c3cc12. The van der Waals surface area contributed by atoms with Crippen molar-refractivity contribution in [3.63, 3.8) is 0 Å². The first-order valence-corrected chi connectivity index (χ1v) is 19.7. The molecule has 12 rings (SSSR count). The minimum Gasteiger partial charge on any atom is -0.456 e. The van der Waals surface area contributed by atoms with E-state index in [-0.39, 0.29) is 10.9 Å². The molecule has 7 aromatic carbocycles. The average Bonchev–Trinajstić information content (AvgIpc) is 3.85. The fourth-order valence-corrected chi connectivity index (χ4v) is 9.34. The van der Waals surface area contributed by atoms with Crippen LogP contribution in [0.15, 0.2) is 186 Å². The molecule has 2 unspecified atom stereocenters. The lowest BCUT2D eigenvalue weighted by Crippen LogP contribution is -2.17. The molecule has 0 saturated heterocycles. The molecule has 2 aliphatic rings. The summed E-state index contributed by atoms with van der Waals surface area (Å²) in [5.41, 5.74) is 7.44. The van der Waals surface area contributed by atoms with Crippen LogP contribution in [-0.4, -0.2) is 16.1 Å². The van der Waals surface area contributed by atoms with Crippen LogP contribution in [0.4, 0.5) is 0 Å². The Morgan fingerprint density at radius 3 is 1.97 bits per heavy atom. The Morgan fingerprint density at radius 1 is 0.569 bits per heavy atom. The number of aliphatic imine (C=N–C) groups is 2. The quantitative estimate of drug-likeness (QED) is 0.167. The van der Waals surface area contributed by atoms with Gasteiger partial charge in [-0.25, -0.2) is 4.99 Å². The molecule has 0 spiro atoms. The van der Waals surface area contributed by atoms with Gasteiger partial charge in [-0.3, -0.25) is 14.6 Å². The van der Waals surface area contributed by atoms with Crippen molar-refractivity contribution in [3.05, 3.63) is 195 Å². The van der Waals surface area contributed by atoms with Crippen molar-refractivity contribution in [2.45, 2.75) is 24.8 Å². The standard InChI is InChI=1S/C51H33N3O4/c55-47-36-24-23-33(54-42-20-9-7-16-34(42)35-17-8-10-21-43(35)54)26-44(36)57-45-28-46-40(27-39(45)47)48(56)37-18-11-19-38(49(37)58-46)50-52-41(30-12-3-1-4-13-30)25-22-32-29-51(32,53-50)31-14-5-2-6-15-31/h1-21,23-24,26-28,32H,22,25,29H2/b52-41+,53-50-. The van der Waals surface area contributed by atoms with Crippen molar-refractivity contribution < 1.29 is 8.83 Å². The first kappa shape index (κ1) is 32.8. The topological polar surface area (TPSA) is 90.1 Å². The second-order valence-electron chi connectivity index (χ2n) is 15.5. The van der Waals surface area contributed by atoms with E-state index in [1.807, 2.05) is 78.9 Å². The Bertz CT molecular complexity index is 3490. The summed E-state index contributed by atoms with van der Waals surface area (Å²) in [6, 6.07) is 51.8. The minimum atomic E-state index is -0.402. The van der Waals surface area contributed by atoms with Gasteiger partial charge in [0.1, 0.15) is 22.3 Å². The number of benzene rings is 7. The van der Waals surface area contributed by atoms with Crippen LogP contribution >= 0.6 is 0 Å². The summed E-state index contributed by atoms with van der Waals surface area (Å²) in [5.74, 6) is 0.899. The number of rotatable bonds is 4. The highest BCUT2D eigenvalue weighted by Gasteiger charge is 2.56. The predicted molar refractivity (Wildman–Crippen MR) is 233 cm³/mol. The van der Waals surface area contributed by atoms with Crippen molar-refractivity contribution in [1.29, 1.82) is 0 Å². The van der Waals surface area contributed by atoms with Gasteiger partial charge in [0.05, 0.1) is 49.4 Å². The molecule has 4 heterocycles. The number of para-hydroxylation sites is 3. The minimum absolute atomic E-state index is 0.211. The zero-order valence-corrected chi connectivity index (χ0v) is 31.2. The maximum absolute atomic E-state index is 14.4. The maximum Gasteiger partial charge on any atom is 0.200 e. The Morgan fingerprint density at radius 2 is 1.21 bits per heavy atom. The Balaban J connectivity index is 1.06. The number of aromatic nitrogens is 1. The zero-order valence-electron chi connectivity index (χ0n) is 31.2. The van der Waals surface area contributed by atoms with Gasteiger partial charge in [-0.15, -0.1) is 0 Å². The summed E-state index contributed by atoms with van der Waals surface area (Å²) in [6.07, 6.45) is 2.70. The van der Waals surface area contributed by atoms with E-state index in [1.165, 1.54) is 0 Å². The van der Waals surface area contributed by atoms with Crippen LogP contribution in [0.25, 0.3) is 71.4 Å². The van der Waals surface area contributed by atoms with E-state index in [1.54, 1.807) is 18.2 Å². The highest BCUT2D eigenvalue weighted by Crippen LogP contribution is 2.58. The molecule has 7 heteroatoms. The molecule has 0 radical (unpaired) electrons. The number of nitrogens with zero attached hydrogens (tertiary/aromatic N) is 3. The molecule has 1 aliphatic carbocycles. The van der Waals surface area contributed by atoms with Crippen molar-refractivity contribution in [3.8, 4) is 5.69 Å². The Labute approximate surface area is 330 Å². The summed E-state index contributed by atoms with van der Waals surface area (Å²) in [7, 11) is 0. The molecule has 0 amide bonds. The van der Waals surface area contributed by atoms with E-state index < -0.39 is 5.54 Å². The molecule has 276 valence electrons. The van der Waals surface area contributed by atoms with Gasteiger partial charge < -0.3 is 13.4 Å². The Kier molecular flexibility index (Phi) is 6.97. The smallest absolute Gasteiger partial charge is 0.200 e. The van der Waals surface area contributed by atoms with Crippen molar-refractivity contribution in [2.75, 3.05) is 0 Å². The van der Waals surface area contributed by atoms with Crippen LogP contribution in [0, 0.1) is 5.92 Å². The summed E-state index contributed by atoms with van der Waals surface area (Å²) in [6.45, 7) is 0. The molecule has 2 atom stereocenters. The molecule has 3 aromatic heterocycles. The summed E-state index contributed by atoms with van der Waals surface area (Å²) in [5, 5.41) is 3.74. The van der Waals surface area contributed by atoms with Crippen LogP contribution in [-0.2, 0) is 5.54 Å². The fraction of sp³-hybridized carbons (Fsp3) is 0.0980. The molecule has 0 N–H and O–H groups in total. The zero-order chi connectivity index (χ0) is 38.5. The van der Waals surface area contributed by atoms with Gasteiger partial charge in [-0.05, 0) is 78.8 Å². The molecule has 58 heavy (non-hydrogen) atoms. The molecular formula is C51H33N3O4. The highest BCUT2D eigenvalue weighted by atomic mass is 16.3. The van der Waals surface area contributed by atoms with Crippen molar-refractivity contribution >= 4 is 77.2 Å². The van der Waals surface area contributed by atoms with Gasteiger partial charge in [0.25, 0.3) is 0 Å². The average molecular weight is 752 g/mol. The van der Waals surface area contributed by atoms with Crippen molar-refractivity contribution in [2.24, 2.45) is 15.9 Å². The lowest BCUT2D eigenvalue weighted by molar-refractivity contribution is 0.600. The van der Waals surface area contributed by atoms with Gasteiger partial charge in [0.15, 0.2) is 5.84 Å². The molecule has 1 saturated carbocycles. The third kappa shape index (κ3) is 4.86. The molecular weight excluding hydrogens is 719 g/mol. The second kappa shape index (κ2) is 12.3. The van der Waals surface area contributed by atoms with Gasteiger partial charge in [0.2, 0.25) is 10.9 Å². The van der Waals surface area contributed by atoms with Gasteiger partial charge in [-0.2, -0.15) is 0 Å². The first-order chi connectivity index (χ1) is 28.5. The monoisotopic (exact) mass is 751 g/mol. The van der Waals surface area contributed by atoms with Crippen LogP contribution in [0.3, 0.4) is 0 Å². The number of hydrogen-bond donors (Lipinski definition) is 0. The summed E-state index contributed by atoms with van der Waals surface area (Å²) < 4.78 is 15.5. The highest BCUT2D eigenvalue weighted by molar-refractivity contribution is 6.17. The van der Waals surface area contributed by atoms with Crippen LogP contribution < -0.4 is 10.9 Å². The van der Waals surface area contributed by atoms with Gasteiger partial charge in [0, 0.05) is 28.6 Å². The number of fused-ring (bicyclic) bond motifs is 8. The van der Waals surface area contributed by atoms with Gasteiger partial charge >= 0.3 is 0 Å². The third-order valence-corrected chi connectivity index (χ3v) is 12.3. The summed E-state index contributed by atoms with van der Waals surface area (Å²) >= 11 is 0. The van der Waals surface area contributed by atoms with E-state index in [0.29, 0.717) is 61.2 Å². The van der Waals surface area contributed by atoms with Crippen molar-refractivity contribution in [1.82, 2.24) is 4.57 Å². The molecule has 7 nitrogen and oxygen atoms in total. The van der Waals surface area contributed by atoms with E-state index in [4.69, 9.17) is 18.8 Å². The first-order valence-electron chi connectivity index (χ1n) is 19.7. The van der Waals surface area contributed by atoms with E-state index in [0.717, 1.165) is 63.6 Å². The van der Waals surface area contributed by atoms with Gasteiger partial charge in [-0.1, -0.05) is 103 Å². The van der Waals surface area contributed by atoms with Crippen LogP contribution in [0.1, 0.15) is 36.0 Å². The lowest BCUT2D eigenvalue weighted by atomic mass is 9.96. The second-order valence-corrected chi connectivity index (χ2v) is 15.5. The molecule has 10 aromatic rings. The van der Waals surface area contributed by atoms with E-state index >= 15 is 0 Å². The van der Waals surface area contributed by atoms with Crippen LogP contribution in [0.2, 0.25) is 0 Å². The fourth-order valence-electron chi connectivity index (χ4n) is 9.34. The lowest BCUT2D eigenvalue weighted by Gasteiger charge is -2.19. The largest absolute Gasteiger partial charge is 0.456 e. The van der Waals surface area contributed by atoms with Crippen LogP contribution in [0.5, 0.6) is 0 Å². The number of hydrogen-bond acceptors (Lipinski definition) is 6. The normalized spacial score (nSPS) is 19.8. The predicted octanol–water partition coefficient (Wildman–Crippen LogP) is 11.2. The molecule has 1 aliphatic heterocycles. The Hall–Kier alpha value is -7.38. The number of amidine groups is 1. The molecule has 1 fully saturated rings. The van der Waals surface area contributed by atoms with E-state index in [9.17, 15) is 9.59 Å².